The second-order valence-corrected chi connectivity index (χ2v) is 5.97. The first-order chi connectivity index (χ1) is 11.1. The first-order valence-corrected chi connectivity index (χ1v) is 7.94. The third kappa shape index (κ3) is 3.67. The van der Waals surface area contributed by atoms with Crippen LogP contribution in [0.5, 0.6) is 5.88 Å². The Morgan fingerprint density at radius 1 is 1.17 bits per heavy atom. The predicted molar refractivity (Wildman–Crippen MR) is 87.5 cm³/mol. The fourth-order valence-electron chi connectivity index (χ4n) is 2.75. The normalized spacial score (nSPS) is 15.5. The second kappa shape index (κ2) is 6.77. The van der Waals surface area contributed by atoms with Crippen LogP contribution in [0.2, 0.25) is 0 Å². The molecule has 120 valence electrons. The van der Waals surface area contributed by atoms with Crippen molar-refractivity contribution >= 4 is 5.91 Å². The lowest BCUT2D eigenvalue weighted by molar-refractivity contribution is 0.0586. The molecule has 2 aromatic rings. The van der Waals surface area contributed by atoms with E-state index in [1.165, 1.54) is 5.56 Å². The number of hydrogen-bond acceptors (Lipinski definition) is 4. The molecule has 0 bridgehead atoms. The van der Waals surface area contributed by atoms with E-state index >= 15 is 0 Å². The lowest BCUT2D eigenvalue weighted by atomic mass is 10.0. The van der Waals surface area contributed by atoms with E-state index in [4.69, 9.17) is 4.74 Å². The van der Waals surface area contributed by atoms with Crippen LogP contribution in [0.3, 0.4) is 0 Å². The van der Waals surface area contributed by atoms with Gasteiger partial charge in [0.25, 0.3) is 5.91 Å². The third-order valence-corrected chi connectivity index (χ3v) is 4.32. The Bertz CT molecular complexity index is 680. The van der Waals surface area contributed by atoms with Gasteiger partial charge in [-0.1, -0.05) is 6.07 Å². The summed E-state index contributed by atoms with van der Waals surface area (Å²) in [5.41, 5.74) is 3.12. The van der Waals surface area contributed by atoms with E-state index in [9.17, 15) is 4.79 Å². The Morgan fingerprint density at radius 3 is 2.61 bits per heavy atom. The van der Waals surface area contributed by atoms with Gasteiger partial charge in [0.05, 0.1) is 0 Å². The molecule has 0 aliphatic carbocycles. The maximum absolute atomic E-state index is 12.6. The topological polar surface area (TPSA) is 55.3 Å². The molecule has 0 saturated carbocycles. The van der Waals surface area contributed by atoms with Gasteiger partial charge in [0.1, 0.15) is 6.10 Å². The first-order valence-electron chi connectivity index (χ1n) is 7.94. The minimum atomic E-state index is 0.0931. The molecule has 2 heterocycles. The molecule has 1 fully saturated rings. The highest BCUT2D eigenvalue weighted by molar-refractivity contribution is 5.94. The Hall–Kier alpha value is -2.43. The van der Waals surface area contributed by atoms with E-state index in [0.717, 1.165) is 24.0 Å². The van der Waals surface area contributed by atoms with Crippen LogP contribution in [-0.2, 0) is 0 Å². The number of amides is 1. The van der Waals surface area contributed by atoms with E-state index in [-0.39, 0.29) is 12.0 Å². The zero-order valence-electron chi connectivity index (χ0n) is 13.5. The summed E-state index contributed by atoms with van der Waals surface area (Å²) in [7, 11) is 0. The summed E-state index contributed by atoms with van der Waals surface area (Å²) < 4.78 is 5.81. The number of piperidine rings is 1. The highest BCUT2D eigenvalue weighted by atomic mass is 16.5. The lowest BCUT2D eigenvalue weighted by Crippen LogP contribution is -2.41. The Morgan fingerprint density at radius 2 is 1.96 bits per heavy atom. The molecule has 3 rings (SSSR count). The number of aromatic nitrogens is 2. The van der Waals surface area contributed by atoms with Crippen LogP contribution in [0.15, 0.2) is 36.5 Å². The molecule has 5 nitrogen and oxygen atoms in total. The molecule has 0 N–H and O–H groups in total. The van der Waals surface area contributed by atoms with Crippen LogP contribution in [0.4, 0.5) is 0 Å². The average Bonchev–Trinajstić information content (AvgIpc) is 2.58. The predicted octanol–water partition coefficient (Wildman–Crippen LogP) is 2.78. The average molecular weight is 311 g/mol. The van der Waals surface area contributed by atoms with Crippen LogP contribution in [0.25, 0.3) is 0 Å². The van der Waals surface area contributed by atoms with Crippen molar-refractivity contribution in [3.63, 3.8) is 0 Å². The van der Waals surface area contributed by atoms with E-state index in [1.54, 1.807) is 18.3 Å². The van der Waals surface area contributed by atoms with Gasteiger partial charge in [-0.2, -0.15) is 5.10 Å². The number of ether oxygens (including phenoxy) is 1. The first kappa shape index (κ1) is 15.5. The third-order valence-electron chi connectivity index (χ3n) is 4.32. The van der Waals surface area contributed by atoms with Crippen molar-refractivity contribution in [2.45, 2.75) is 32.8 Å². The second-order valence-electron chi connectivity index (χ2n) is 5.97. The molecule has 1 amide bonds. The molecule has 1 aromatic heterocycles. The number of carbonyl (C=O) groups excluding carboxylic acids is 1. The summed E-state index contributed by atoms with van der Waals surface area (Å²) in [6.45, 7) is 5.50. The Kier molecular flexibility index (Phi) is 4.55. The molecule has 0 unspecified atom stereocenters. The quantitative estimate of drug-likeness (QED) is 0.874. The largest absolute Gasteiger partial charge is 0.473 e. The summed E-state index contributed by atoms with van der Waals surface area (Å²) in [6.07, 6.45) is 3.34. The zero-order valence-corrected chi connectivity index (χ0v) is 13.5. The van der Waals surface area contributed by atoms with Crippen molar-refractivity contribution < 1.29 is 9.53 Å². The Balaban J connectivity index is 1.58. The number of rotatable bonds is 3. The van der Waals surface area contributed by atoms with Crippen molar-refractivity contribution in [2.75, 3.05) is 13.1 Å². The molecule has 5 heteroatoms. The van der Waals surface area contributed by atoms with Crippen LogP contribution >= 0.6 is 0 Å². The highest BCUT2D eigenvalue weighted by Gasteiger charge is 2.25. The van der Waals surface area contributed by atoms with Crippen molar-refractivity contribution in [3.8, 4) is 5.88 Å². The maximum atomic E-state index is 12.6. The van der Waals surface area contributed by atoms with Crippen LogP contribution in [0, 0.1) is 13.8 Å². The smallest absolute Gasteiger partial charge is 0.253 e. The van der Waals surface area contributed by atoms with Crippen LogP contribution in [-0.4, -0.2) is 40.2 Å². The van der Waals surface area contributed by atoms with E-state index in [0.29, 0.717) is 19.0 Å². The van der Waals surface area contributed by atoms with Gasteiger partial charge in [0.2, 0.25) is 5.88 Å². The number of aryl methyl sites for hydroxylation is 2. The van der Waals surface area contributed by atoms with Gasteiger partial charge < -0.3 is 9.64 Å². The molecule has 23 heavy (non-hydrogen) atoms. The zero-order chi connectivity index (χ0) is 16.2. The van der Waals surface area contributed by atoms with Crippen LogP contribution < -0.4 is 4.74 Å². The summed E-state index contributed by atoms with van der Waals surface area (Å²) in [5, 5.41) is 7.75. The SMILES string of the molecule is Cc1ccc(C(=O)N2CCC(Oc3cccnn3)CC2)cc1C. The van der Waals surface area contributed by atoms with Gasteiger partial charge in [0, 0.05) is 43.8 Å². The maximum Gasteiger partial charge on any atom is 0.253 e. The highest BCUT2D eigenvalue weighted by Crippen LogP contribution is 2.19. The molecule has 1 saturated heterocycles. The van der Waals surface area contributed by atoms with Gasteiger partial charge in [-0.3, -0.25) is 4.79 Å². The summed E-state index contributed by atoms with van der Waals surface area (Å²) in [5.74, 6) is 0.650. The number of benzene rings is 1. The van der Waals surface area contributed by atoms with Gasteiger partial charge in [-0.25, -0.2) is 0 Å². The number of carbonyl (C=O) groups is 1. The van der Waals surface area contributed by atoms with Gasteiger partial charge in [-0.05, 0) is 43.2 Å². The summed E-state index contributed by atoms with van der Waals surface area (Å²) >= 11 is 0. The minimum Gasteiger partial charge on any atom is -0.473 e. The van der Waals surface area contributed by atoms with E-state index < -0.39 is 0 Å². The summed E-state index contributed by atoms with van der Waals surface area (Å²) in [6, 6.07) is 9.50. The van der Waals surface area contributed by atoms with Gasteiger partial charge >= 0.3 is 0 Å². The molecule has 0 radical (unpaired) electrons. The summed E-state index contributed by atoms with van der Waals surface area (Å²) in [4.78, 5) is 14.5. The molecular formula is C18H21N3O2. The Labute approximate surface area is 136 Å². The fourth-order valence-corrected chi connectivity index (χ4v) is 2.75. The fraction of sp³-hybridized carbons (Fsp3) is 0.389. The van der Waals surface area contributed by atoms with Crippen molar-refractivity contribution in [3.05, 3.63) is 53.2 Å². The molecule has 1 aromatic carbocycles. The minimum absolute atomic E-state index is 0.0931. The van der Waals surface area contributed by atoms with Gasteiger partial charge in [0.15, 0.2) is 0 Å². The number of nitrogens with zero attached hydrogens (tertiary/aromatic N) is 3. The molecule has 1 aliphatic heterocycles. The van der Waals surface area contributed by atoms with E-state index in [1.807, 2.05) is 30.0 Å². The standard InChI is InChI=1S/C18H21N3O2/c1-13-5-6-15(12-14(13)2)18(22)21-10-7-16(8-11-21)23-17-4-3-9-19-20-17/h3-6,9,12,16H,7-8,10-11H2,1-2H3. The molecule has 0 spiro atoms. The lowest BCUT2D eigenvalue weighted by Gasteiger charge is -2.32. The number of likely N-dealkylation sites (tertiary alicyclic amines) is 1. The monoisotopic (exact) mass is 311 g/mol. The molecule has 1 aliphatic rings. The van der Waals surface area contributed by atoms with E-state index in [2.05, 4.69) is 17.1 Å². The number of hydrogen-bond donors (Lipinski definition) is 0. The van der Waals surface area contributed by atoms with Gasteiger partial charge in [-0.15, -0.1) is 5.10 Å². The molecular weight excluding hydrogens is 290 g/mol. The van der Waals surface area contributed by atoms with Crippen molar-refractivity contribution in [1.82, 2.24) is 15.1 Å². The molecule has 0 atom stereocenters. The van der Waals surface area contributed by atoms with Crippen molar-refractivity contribution in [2.24, 2.45) is 0 Å². The van der Waals surface area contributed by atoms with Crippen molar-refractivity contribution in [1.29, 1.82) is 0 Å². The van der Waals surface area contributed by atoms with Crippen LogP contribution in [0.1, 0.15) is 34.3 Å².